The Morgan fingerprint density at radius 1 is 1.13 bits per heavy atom. The van der Waals surface area contributed by atoms with Gasteiger partial charge in [0.05, 0.1) is 0 Å². The summed E-state index contributed by atoms with van der Waals surface area (Å²) in [6.07, 6.45) is 7.15. The zero-order chi connectivity index (χ0) is 10.7. The summed E-state index contributed by atoms with van der Waals surface area (Å²) in [5.41, 5.74) is 0. The van der Waals surface area contributed by atoms with Crippen molar-refractivity contribution in [1.82, 2.24) is 10.2 Å². The van der Waals surface area contributed by atoms with Gasteiger partial charge >= 0.3 is 0 Å². The van der Waals surface area contributed by atoms with Gasteiger partial charge in [0.25, 0.3) is 0 Å². The highest BCUT2D eigenvalue weighted by molar-refractivity contribution is 4.96. The average molecular weight is 210 g/mol. The van der Waals surface area contributed by atoms with Crippen LogP contribution in [0, 0.1) is 5.92 Å². The molecule has 0 aromatic heterocycles. The number of rotatable bonds is 7. The molecule has 2 aliphatic carbocycles. The molecule has 2 aliphatic rings. The molecule has 2 heteroatoms. The fraction of sp³-hybridized carbons (Fsp3) is 1.00. The molecule has 0 aliphatic heterocycles. The summed E-state index contributed by atoms with van der Waals surface area (Å²) in [5, 5.41) is 3.51. The van der Waals surface area contributed by atoms with Gasteiger partial charge in [0.1, 0.15) is 0 Å². The van der Waals surface area contributed by atoms with Gasteiger partial charge in [-0.05, 0) is 57.7 Å². The van der Waals surface area contributed by atoms with Gasteiger partial charge in [-0.2, -0.15) is 0 Å². The molecule has 0 saturated heterocycles. The van der Waals surface area contributed by atoms with E-state index in [2.05, 4.69) is 24.1 Å². The Balaban J connectivity index is 1.79. The molecule has 2 fully saturated rings. The second kappa shape index (κ2) is 5.31. The highest BCUT2D eigenvalue weighted by Gasteiger charge is 2.40. The lowest BCUT2D eigenvalue weighted by atomic mass is 9.78. The second-order valence-corrected chi connectivity index (χ2v) is 5.18. The van der Waals surface area contributed by atoms with Crippen LogP contribution in [0.1, 0.15) is 46.0 Å². The monoisotopic (exact) mass is 210 g/mol. The van der Waals surface area contributed by atoms with Crippen molar-refractivity contribution in [2.45, 2.75) is 58.0 Å². The lowest BCUT2D eigenvalue weighted by molar-refractivity contribution is 0.0552. The maximum atomic E-state index is 3.51. The first-order chi connectivity index (χ1) is 7.36. The first-order valence-corrected chi connectivity index (χ1v) is 6.83. The first kappa shape index (κ1) is 11.4. The maximum Gasteiger partial charge on any atom is 0.0139 e. The fourth-order valence-corrected chi connectivity index (χ4v) is 2.84. The van der Waals surface area contributed by atoms with Crippen LogP contribution in [0.4, 0.5) is 0 Å². The van der Waals surface area contributed by atoms with Crippen molar-refractivity contribution >= 4 is 0 Å². The average Bonchev–Trinajstić information content (AvgIpc) is 2.99. The minimum Gasteiger partial charge on any atom is -0.317 e. The molecule has 1 N–H and O–H groups in total. The third kappa shape index (κ3) is 2.73. The van der Waals surface area contributed by atoms with Gasteiger partial charge in [-0.25, -0.2) is 0 Å². The van der Waals surface area contributed by atoms with Gasteiger partial charge in [0.15, 0.2) is 0 Å². The minimum absolute atomic E-state index is 0.913. The normalized spacial score (nSPS) is 30.6. The summed E-state index contributed by atoms with van der Waals surface area (Å²) >= 11 is 0. The van der Waals surface area contributed by atoms with Crippen LogP contribution in [0.2, 0.25) is 0 Å². The Morgan fingerprint density at radius 2 is 1.93 bits per heavy atom. The SMILES string of the molecule is CCCN(C1CC1)C1CCC1CNCC. The molecule has 2 saturated carbocycles. The molecule has 0 radical (unpaired) electrons. The largest absolute Gasteiger partial charge is 0.317 e. The van der Waals surface area contributed by atoms with E-state index in [0.29, 0.717) is 0 Å². The zero-order valence-corrected chi connectivity index (χ0v) is 10.3. The van der Waals surface area contributed by atoms with Crippen LogP contribution in [0.3, 0.4) is 0 Å². The molecule has 0 spiro atoms. The number of nitrogens with one attached hydrogen (secondary N) is 1. The number of hydrogen-bond donors (Lipinski definition) is 1. The molecule has 2 nitrogen and oxygen atoms in total. The third-order valence-electron chi connectivity index (χ3n) is 3.96. The molecule has 0 bridgehead atoms. The van der Waals surface area contributed by atoms with Crippen molar-refractivity contribution in [2.75, 3.05) is 19.6 Å². The van der Waals surface area contributed by atoms with E-state index in [-0.39, 0.29) is 0 Å². The molecule has 0 amide bonds. The molecular weight excluding hydrogens is 184 g/mol. The highest BCUT2D eigenvalue weighted by Crippen LogP contribution is 2.38. The topological polar surface area (TPSA) is 15.3 Å². The minimum atomic E-state index is 0.913. The van der Waals surface area contributed by atoms with E-state index in [1.54, 1.807) is 0 Å². The predicted molar refractivity (Wildman–Crippen MR) is 65.1 cm³/mol. The summed E-state index contributed by atoms with van der Waals surface area (Å²) in [5.74, 6) is 0.942. The Bertz CT molecular complexity index is 189. The highest BCUT2D eigenvalue weighted by atomic mass is 15.2. The number of nitrogens with zero attached hydrogens (tertiary/aromatic N) is 1. The van der Waals surface area contributed by atoms with Crippen LogP contribution in [-0.4, -0.2) is 36.6 Å². The van der Waals surface area contributed by atoms with Gasteiger partial charge < -0.3 is 5.32 Å². The predicted octanol–water partition coefficient (Wildman–Crippen LogP) is 2.25. The van der Waals surface area contributed by atoms with E-state index < -0.39 is 0 Å². The molecule has 88 valence electrons. The van der Waals surface area contributed by atoms with E-state index in [4.69, 9.17) is 0 Å². The van der Waals surface area contributed by atoms with E-state index in [1.807, 2.05) is 0 Å². The van der Waals surface area contributed by atoms with Gasteiger partial charge in [-0.1, -0.05) is 13.8 Å². The van der Waals surface area contributed by atoms with Crippen molar-refractivity contribution in [2.24, 2.45) is 5.92 Å². The van der Waals surface area contributed by atoms with E-state index in [9.17, 15) is 0 Å². The van der Waals surface area contributed by atoms with Gasteiger partial charge in [0.2, 0.25) is 0 Å². The molecule has 2 unspecified atom stereocenters. The smallest absolute Gasteiger partial charge is 0.0139 e. The van der Waals surface area contributed by atoms with Gasteiger partial charge in [-0.15, -0.1) is 0 Å². The summed E-state index contributed by atoms with van der Waals surface area (Å²) in [6.45, 7) is 8.22. The first-order valence-electron chi connectivity index (χ1n) is 6.83. The van der Waals surface area contributed by atoms with Gasteiger partial charge in [0, 0.05) is 12.1 Å². The summed E-state index contributed by atoms with van der Waals surface area (Å²) < 4.78 is 0. The molecule has 0 aromatic rings. The summed E-state index contributed by atoms with van der Waals surface area (Å²) in [7, 11) is 0. The molecule has 2 atom stereocenters. The van der Waals surface area contributed by atoms with Crippen LogP contribution < -0.4 is 5.32 Å². The number of hydrogen-bond acceptors (Lipinski definition) is 2. The summed E-state index contributed by atoms with van der Waals surface area (Å²) in [6, 6.07) is 1.87. The van der Waals surface area contributed by atoms with E-state index in [0.717, 1.165) is 24.5 Å². The van der Waals surface area contributed by atoms with Crippen molar-refractivity contribution < 1.29 is 0 Å². The molecule has 15 heavy (non-hydrogen) atoms. The van der Waals surface area contributed by atoms with Crippen LogP contribution >= 0.6 is 0 Å². The lowest BCUT2D eigenvalue weighted by Gasteiger charge is -2.45. The second-order valence-electron chi connectivity index (χ2n) is 5.18. The fourth-order valence-electron chi connectivity index (χ4n) is 2.84. The van der Waals surface area contributed by atoms with E-state index in [1.165, 1.54) is 45.2 Å². The Hall–Kier alpha value is -0.0800. The van der Waals surface area contributed by atoms with Crippen LogP contribution in [0.5, 0.6) is 0 Å². The van der Waals surface area contributed by atoms with Gasteiger partial charge in [-0.3, -0.25) is 4.90 Å². The lowest BCUT2D eigenvalue weighted by Crippen LogP contribution is -2.51. The summed E-state index contributed by atoms with van der Waals surface area (Å²) in [4.78, 5) is 2.81. The van der Waals surface area contributed by atoms with Crippen LogP contribution in [-0.2, 0) is 0 Å². The molecule has 2 rings (SSSR count). The standard InChI is InChI=1S/C13H26N2/c1-3-9-15(12-6-7-12)13-8-5-11(13)10-14-4-2/h11-14H,3-10H2,1-2H3. The molecule has 0 heterocycles. The molecule has 0 aromatic carbocycles. The van der Waals surface area contributed by atoms with Crippen molar-refractivity contribution in [3.05, 3.63) is 0 Å². The van der Waals surface area contributed by atoms with Crippen LogP contribution in [0.15, 0.2) is 0 Å². The van der Waals surface area contributed by atoms with Crippen molar-refractivity contribution in [1.29, 1.82) is 0 Å². The third-order valence-corrected chi connectivity index (χ3v) is 3.96. The Labute approximate surface area is 94.4 Å². The quantitative estimate of drug-likeness (QED) is 0.693. The Morgan fingerprint density at radius 3 is 2.40 bits per heavy atom. The van der Waals surface area contributed by atoms with Crippen molar-refractivity contribution in [3.8, 4) is 0 Å². The zero-order valence-electron chi connectivity index (χ0n) is 10.3. The van der Waals surface area contributed by atoms with Crippen LogP contribution in [0.25, 0.3) is 0 Å². The maximum absolute atomic E-state index is 3.51. The van der Waals surface area contributed by atoms with E-state index >= 15 is 0 Å². The van der Waals surface area contributed by atoms with Crippen molar-refractivity contribution in [3.63, 3.8) is 0 Å². The molecular formula is C13H26N2. The Kier molecular flexibility index (Phi) is 4.04.